The van der Waals surface area contributed by atoms with Gasteiger partial charge in [-0.2, -0.15) is 0 Å². The molecular formula is C29H25FN4OS. The van der Waals surface area contributed by atoms with Crippen LogP contribution in [0.1, 0.15) is 40.0 Å². The number of aromatic nitrogens is 3. The average Bonchev–Trinajstić information content (AvgIpc) is 3.26. The maximum absolute atomic E-state index is 13.4. The number of fused-ring (bicyclic) bond motifs is 1. The zero-order chi connectivity index (χ0) is 24.9. The van der Waals surface area contributed by atoms with E-state index in [0.717, 1.165) is 32.9 Å². The van der Waals surface area contributed by atoms with E-state index in [1.54, 1.807) is 36.3 Å². The summed E-state index contributed by atoms with van der Waals surface area (Å²) in [4.78, 5) is 21.8. The first-order valence-corrected chi connectivity index (χ1v) is 12.7. The Labute approximate surface area is 213 Å². The Morgan fingerprint density at radius 1 is 0.972 bits per heavy atom. The van der Waals surface area contributed by atoms with E-state index in [1.165, 1.54) is 12.1 Å². The molecule has 5 rings (SSSR count). The quantitative estimate of drug-likeness (QED) is 0.253. The summed E-state index contributed by atoms with van der Waals surface area (Å²) in [6, 6.07) is 25.9. The van der Waals surface area contributed by atoms with Gasteiger partial charge in [0.15, 0.2) is 5.16 Å². The van der Waals surface area contributed by atoms with Crippen LogP contribution in [0.5, 0.6) is 0 Å². The molecule has 3 aromatic carbocycles. The number of carbonyl (C=O) groups is 1. The highest BCUT2D eigenvalue weighted by Crippen LogP contribution is 2.27. The van der Waals surface area contributed by atoms with Crippen molar-refractivity contribution in [2.45, 2.75) is 30.4 Å². The highest BCUT2D eigenvalue weighted by molar-refractivity contribution is 7.98. The number of thioether (sulfide) groups is 1. The van der Waals surface area contributed by atoms with Crippen LogP contribution >= 0.6 is 11.8 Å². The summed E-state index contributed by atoms with van der Waals surface area (Å²) in [5.41, 5.74) is 5.57. The van der Waals surface area contributed by atoms with Crippen molar-refractivity contribution in [2.75, 3.05) is 0 Å². The molecule has 1 atom stereocenters. The van der Waals surface area contributed by atoms with Crippen LogP contribution in [0.15, 0.2) is 102 Å². The summed E-state index contributed by atoms with van der Waals surface area (Å²) in [7, 11) is 0. The number of hydrogen-bond acceptors (Lipinski definition) is 4. The van der Waals surface area contributed by atoms with Crippen LogP contribution < -0.4 is 5.32 Å². The lowest BCUT2D eigenvalue weighted by atomic mass is 10.1. The minimum absolute atomic E-state index is 0.0717. The Hall–Kier alpha value is -3.97. The number of pyridine rings is 1. The lowest BCUT2D eigenvalue weighted by molar-refractivity contribution is 0.0940. The number of nitrogens with one attached hydrogen (secondary N) is 1. The first kappa shape index (κ1) is 23.8. The van der Waals surface area contributed by atoms with Crippen LogP contribution in [0.4, 0.5) is 4.39 Å². The van der Waals surface area contributed by atoms with E-state index in [9.17, 15) is 9.18 Å². The monoisotopic (exact) mass is 496 g/mol. The molecule has 0 spiro atoms. The summed E-state index contributed by atoms with van der Waals surface area (Å²) in [5, 5.41) is 3.91. The van der Waals surface area contributed by atoms with Crippen LogP contribution in [0, 0.1) is 5.82 Å². The Kier molecular flexibility index (Phi) is 7.09. The standard InChI is InChI=1S/C29H25FN4OS/c1-20(23-5-3-2-4-6-23)32-28(35)24-11-7-22(8-12-24)19-36-29-33-26-15-16-31-17-27(26)34(29)18-21-9-13-25(30)14-10-21/h2-17,20H,18-19H2,1H3,(H,32,35)/t20-/m1/s1. The molecule has 36 heavy (non-hydrogen) atoms. The van der Waals surface area contributed by atoms with Crippen LogP contribution in [0.2, 0.25) is 0 Å². The molecule has 2 aromatic heterocycles. The van der Waals surface area contributed by atoms with Crippen molar-refractivity contribution in [3.63, 3.8) is 0 Å². The minimum Gasteiger partial charge on any atom is -0.346 e. The van der Waals surface area contributed by atoms with E-state index < -0.39 is 0 Å². The SMILES string of the molecule is C[C@@H](NC(=O)c1ccc(CSc2nc3ccncc3n2Cc2ccc(F)cc2)cc1)c1ccccc1. The Morgan fingerprint density at radius 2 is 1.69 bits per heavy atom. The van der Waals surface area contributed by atoms with E-state index >= 15 is 0 Å². The van der Waals surface area contributed by atoms with Gasteiger partial charge >= 0.3 is 0 Å². The largest absolute Gasteiger partial charge is 0.346 e. The van der Waals surface area contributed by atoms with Crippen LogP contribution in [0.3, 0.4) is 0 Å². The van der Waals surface area contributed by atoms with E-state index in [-0.39, 0.29) is 17.8 Å². The van der Waals surface area contributed by atoms with Gasteiger partial charge in [0.25, 0.3) is 5.91 Å². The van der Waals surface area contributed by atoms with Crippen molar-refractivity contribution < 1.29 is 9.18 Å². The summed E-state index contributed by atoms with van der Waals surface area (Å²) in [6.07, 6.45) is 3.54. The topological polar surface area (TPSA) is 59.8 Å². The molecule has 5 nitrogen and oxygen atoms in total. The van der Waals surface area contributed by atoms with Gasteiger partial charge in [0.1, 0.15) is 5.82 Å². The zero-order valence-corrected chi connectivity index (χ0v) is 20.6. The Balaban J connectivity index is 1.27. The second-order valence-corrected chi connectivity index (χ2v) is 9.51. The Morgan fingerprint density at radius 3 is 2.44 bits per heavy atom. The van der Waals surface area contributed by atoms with E-state index in [4.69, 9.17) is 4.98 Å². The molecule has 1 amide bonds. The predicted molar refractivity (Wildman–Crippen MR) is 141 cm³/mol. The molecule has 0 saturated heterocycles. The number of imidazole rings is 1. The summed E-state index contributed by atoms with van der Waals surface area (Å²) in [5.74, 6) is 0.346. The molecule has 0 radical (unpaired) electrons. The lowest BCUT2D eigenvalue weighted by Crippen LogP contribution is -2.26. The van der Waals surface area contributed by atoms with Crippen molar-refractivity contribution >= 4 is 28.7 Å². The van der Waals surface area contributed by atoms with E-state index in [1.807, 2.05) is 67.6 Å². The van der Waals surface area contributed by atoms with Gasteiger partial charge in [-0.1, -0.05) is 66.4 Å². The van der Waals surface area contributed by atoms with Gasteiger partial charge < -0.3 is 9.88 Å². The number of amides is 1. The van der Waals surface area contributed by atoms with Crippen LogP contribution in [-0.2, 0) is 12.3 Å². The molecule has 0 aliphatic carbocycles. The van der Waals surface area contributed by atoms with Crippen molar-refractivity contribution in [1.29, 1.82) is 0 Å². The summed E-state index contributed by atoms with van der Waals surface area (Å²) >= 11 is 1.62. The fraction of sp³-hybridized carbons (Fsp3) is 0.138. The molecule has 180 valence electrons. The Bertz CT molecular complexity index is 1470. The zero-order valence-electron chi connectivity index (χ0n) is 19.8. The lowest BCUT2D eigenvalue weighted by Gasteiger charge is -2.14. The van der Waals surface area contributed by atoms with Gasteiger partial charge in [-0.05, 0) is 53.9 Å². The van der Waals surface area contributed by atoms with Crippen LogP contribution in [0.25, 0.3) is 11.0 Å². The molecule has 7 heteroatoms. The van der Waals surface area contributed by atoms with Gasteiger partial charge in [-0.15, -0.1) is 0 Å². The molecular weight excluding hydrogens is 471 g/mol. The first-order chi connectivity index (χ1) is 17.6. The second kappa shape index (κ2) is 10.7. The maximum Gasteiger partial charge on any atom is 0.251 e. The average molecular weight is 497 g/mol. The van der Waals surface area contributed by atoms with Gasteiger partial charge in [0.05, 0.1) is 29.8 Å². The molecule has 0 saturated carbocycles. The number of carbonyl (C=O) groups excluding carboxylic acids is 1. The highest BCUT2D eigenvalue weighted by atomic mass is 32.2. The fourth-order valence-electron chi connectivity index (χ4n) is 3.99. The van der Waals surface area contributed by atoms with Gasteiger partial charge in [-0.3, -0.25) is 9.78 Å². The molecule has 0 aliphatic heterocycles. The molecule has 0 fully saturated rings. The summed E-state index contributed by atoms with van der Waals surface area (Å²) < 4.78 is 15.5. The third-order valence-corrected chi connectivity index (χ3v) is 7.05. The number of rotatable bonds is 8. The fourth-order valence-corrected chi connectivity index (χ4v) is 4.96. The van der Waals surface area contributed by atoms with E-state index in [0.29, 0.717) is 17.9 Å². The van der Waals surface area contributed by atoms with Crippen molar-refractivity contribution in [1.82, 2.24) is 19.9 Å². The number of halogens is 1. The third kappa shape index (κ3) is 5.47. The van der Waals surface area contributed by atoms with Crippen molar-refractivity contribution in [2.24, 2.45) is 0 Å². The number of benzene rings is 3. The van der Waals surface area contributed by atoms with Gasteiger partial charge in [-0.25, -0.2) is 9.37 Å². The predicted octanol–water partition coefficient (Wildman–Crippen LogP) is 6.40. The normalized spacial score (nSPS) is 11.9. The molecule has 0 bridgehead atoms. The van der Waals surface area contributed by atoms with Crippen molar-refractivity contribution in [3.05, 3.63) is 125 Å². The number of nitrogens with zero attached hydrogens (tertiary/aromatic N) is 3. The van der Waals surface area contributed by atoms with Crippen LogP contribution in [-0.4, -0.2) is 20.4 Å². The van der Waals surface area contributed by atoms with Gasteiger partial charge in [0, 0.05) is 17.5 Å². The molecule has 0 aliphatic rings. The summed E-state index contributed by atoms with van der Waals surface area (Å²) in [6.45, 7) is 2.55. The molecule has 0 unspecified atom stereocenters. The molecule has 1 N–H and O–H groups in total. The van der Waals surface area contributed by atoms with E-state index in [2.05, 4.69) is 14.9 Å². The first-order valence-electron chi connectivity index (χ1n) is 11.7. The maximum atomic E-state index is 13.4. The highest BCUT2D eigenvalue weighted by Gasteiger charge is 2.14. The molecule has 2 heterocycles. The molecule has 5 aromatic rings. The second-order valence-electron chi connectivity index (χ2n) is 8.56. The van der Waals surface area contributed by atoms with Gasteiger partial charge in [0.2, 0.25) is 0 Å². The minimum atomic E-state index is -0.253. The number of hydrogen-bond donors (Lipinski definition) is 1. The van der Waals surface area contributed by atoms with Crippen molar-refractivity contribution in [3.8, 4) is 0 Å². The third-order valence-electron chi connectivity index (χ3n) is 6.00. The smallest absolute Gasteiger partial charge is 0.251 e.